The molecule has 0 spiro atoms. The van der Waals surface area contributed by atoms with Gasteiger partial charge in [0.2, 0.25) is 0 Å². The Balaban J connectivity index is 1.86. The molecule has 0 amide bonds. The summed E-state index contributed by atoms with van der Waals surface area (Å²) in [5.41, 5.74) is 1.20. The highest BCUT2D eigenvalue weighted by Gasteiger charge is 2.18. The third kappa shape index (κ3) is 2.73. The van der Waals surface area contributed by atoms with E-state index in [2.05, 4.69) is 11.4 Å². The van der Waals surface area contributed by atoms with E-state index in [9.17, 15) is 4.79 Å². The fourth-order valence-electron chi connectivity index (χ4n) is 1.91. The molecular formula is C12H15NO3. The fourth-order valence-corrected chi connectivity index (χ4v) is 1.91. The topological polar surface area (TPSA) is 58.6 Å². The van der Waals surface area contributed by atoms with Crippen molar-refractivity contribution in [1.82, 2.24) is 5.32 Å². The van der Waals surface area contributed by atoms with Crippen LogP contribution in [0, 0.1) is 5.92 Å². The van der Waals surface area contributed by atoms with E-state index in [1.807, 2.05) is 18.2 Å². The zero-order chi connectivity index (χ0) is 11.4. The molecule has 86 valence electrons. The number of hydrogen-bond donors (Lipinski definition) is 2. The van der Waals surface area contributed by atoms with Crippen LogP contribution in [0.4, 0.5) is 0 Å². The van der Waals surface area contributed by atoms with Gasteiger partial charge < -0.3 is 15.2 Å². The summed E-state index contributed by atoms with van der Waals surface area (Å²) in [5.74, 6) is 0.489. The molecule has 1 atom stereocenters. The maximum Gasteiger partial charge on any atom is 0.317 e. The number of carboxylic acids is 1. The molecule has 1 aliphatic heterocycles. The highest BCUT2D eigenvalue weighted by Crippen LogP contribution is 2.26. The van der Waals surface area contributed by atoms with Crippen LogP contribution in [0.25, 0.3) is 0 Å². The van der Waals surface area contributed by atoms with Crippen LogP contribution < -0.4 is 10.1 Å². The van der Waals surface area contributed by atoms with Crippen LogP contribution in [0.15, 0.2) is 24.3 Å². The van der Waals surface area contributed by atoms with Gasteiger partial charge in [-0.1, -0.05) is 18.2 Å². The Bertz CT molecular complexity index is 378. The monoisotopic (exact) mass is 221 g/mol. The number of benzene rings is 1. The first-order chi connectivity index (χ1) is 7.75. The van der Waals surface area contributed by atoms with E-state index in [4.69, 9.17) is 9.84 Å². The summed E-state index contributed by atoms with van der Waals surface area (Å²) in [4.78, 5) is 10.3. The van der Waals surface area contributed by atoms with Gasteiger partial charge in [0, 0.05) is 12.5 Å². The van der Waals surface area contributed by atoms with Crippen LogP contribution in [-0.2, 0) is 11.2 Å². The molecule has 1 aromatic rings. The molecule has 1 aliphatic rings. The summed E-state index contributed by atoms with van der Waals surface area (Å²) in [7, 11) is 0. The first-order valence-electron chi connectivity index (χ1n) is 5.39. The van der Waals surface area contributed by atoms with Crippen molar-refractivity contribution in [3.8, 4) is 5.75 Å². The van der Waals surface area contributed by atoms with Gasteiger partial charge in [0.25, 0.3) is 0 Å². The lowest BCUT2D eigenvalue weighted by atomic mass is 9.97. The number of ether oxygens (including phenoxy) is 1. The van der Waals surface area contributed by atoms with Crippen molar-refractivity contribution >= 4 is 5.97 Å². The van der Waals surface area contributed by atoms with E-state index in [0.29, 0.717) is 19.1 Å². The second-order valence-corrected chi connectivity index (χ2v) is 4.01. The Kier molecular flexibility index (Phi) is 3.41. The first kappa shape index (κ1) is 11.0. The van der Waals surface area contributed by atoms with Gasteiger partial charge >= 0.3 is 5.97 Å². The minimum atomic E-state index is -0.822. The van der Waals surface area contributed by atoms with E-state index in [1.165, 1.54) is 5.56 Å². The third-order valence-corrected chi connectivity index (χ3v) is 2.66. The van der Waals surface area contributed by atoms with Crippen LogP contribution in [0.2, 0.25) is 0 Å². The molecule has 2 N–H and O–H groups in total. The zero-order valence-electron chi connectivity index (χ0n) is 8.98. The highest BCUT2D eigenvalue weighted by atomic mass is 16.5. The maximum absolute atomic E-state index is 10.3. The third-order valence-electron chi connectivity index (χ3n) is 2.66. The van der Waals surface area contributed by atoms with E-state index in [0.717, 1.165) is 12.2 Å². The van der Waals surface area contributed by atoms with Gasteiger partial charge in [0.1, 0.15) is 5.75 Å². The molecule has 4 heteroatoms. The summed E-state index contributed by atoms with van der Waals surface area (Å²) in [5, 5.41) is 11.4. The SMILES string of the molecule is O=C(O)CNCC1COc2ccccc2C1. The van der Waals surface area contributed by atoms with Gasteiger partial charge in [-0.15, -0.1) is 0 Å². The van der Waals surface area contributed by atoms with Crippen LogP contribution >= 0.6 is 0 Å². The summed E-state index contributed by atoms with van der Waals surface area (Å²) in [6.07, 6.45) is 0.947. The Hall–Kier alpha value is -1.55. The molecule has 16 heavy (non-hydrogen) atoms. The van der Waals surface area contributed by atoms with E-state index >= 15 is 0 Å². The fraction of sp³-hybridized carbons (Fsp3) is 0.417. The molecule has 0 radical (unpaired) electrons. The molecule has 0 aliphatic carbocycles. The van der Waals surface area contributed by atoms with Gasteiger partial charge in [-0.2, -0.15) is 0 Å². The van der Waals surface area contributed by atoms with Crippen LogP contribution in [0.3, 0.4) is 0 Å². The van der Waals surface area contributed by atoms with Crippen molar-refractivity contribution < 1.29 is 14.6 Å². The average molecular weight is 221 g/mol. The van der Waals surface area contributed by atoms with Gasteiger partial charge in [-0.05, 0) is 18.1 Å². The Morgan fingerprint density at radius 2 is 2.31 bits per heavy atom. The van der Waals surface area contributed by atoms with Crippen molar-refractivity contribution in [2.75, 3.05) is 19.7 Å². The summed E-state index contributed by atoms with van der Waals surface area (Å²) < 4.78 is 5.61. The summed E-state index contributed by atoms with van der Waals surface area (Å²) in [6.45, 7) is 1.35. The quantitative estimate of drug-likeness (QED) is 0.793. The standard InChI is InChI=1S/C12H15NO3/c14-12(15)7-13-6-9-5-10-3-1-2-4-11(10)16-8-9/h1-4,9,13H,5-8H2,(H,14,15). The second kappa shape index (κ2) is 4.99. The van der Waals surface area contributed by atoms with Crippen molar-refractivity contribution in [3.63, 3.8) is 0 Å². The van der Waals surface area contributed by atoms with Crippen LogP contribution in [0.1, 0.15) is 5.56 Å². The van der Waals surface area contributed by atoms with Crippen molar-refractivity contribution in [2.24, 2.45) is 5.92 Å². The lowest BCUT2D eigenvalue weighted by molar-refractivity contribution is -0.136. The van der Waals surface area contributed by atoms with Gasteiger partial charge in [0.05, 0.1) is 13.2 Å². The van der Waals surface area contributed by atoms with E-state index in [1.54, 1.807) is 0 Å². The molecule has 4 nitrogen and oxygen atoms in total. The lowest BCUT2D eigenvalue weighted by Gasteiger charge is -2.25. The van der Waals surface area contributed by atoms with Crippen molar-refractivity contribution in [2.45, 2.75) is 6.42 Å². The highest BCUT2D eigenvalue weighted by molar-refractivity contribution is 5.68. The minimum Gasteiger partial charge on any atom is -0.493 e. The summed E-state index contributed by atoms with van der Waals surface area (Å²) >= 11 is 0. The van der Waals surface area contributed by atoms with Gasteiger partial charge in [-0.25, -0.2) is 0 Å². The smallest absolute Gasteiger partial charge is 0.317 e. The normalized spacial score (nSPS) is 18.6. The van der Waals surface area contributed by atoms with Gasteiger partial charge in [-0.3, -0.25) is 4.79 Å². The van der Waals surface area contributed by atoms with E-state index in [-0.39, 0.29) is 6.54 Å². The maximum atomic E-state index is 10.3. The van der Waals surface area contributed by atoms with E-state index < -0.39 is 5.97 Å². The van der Waals surface area contributed by atoms with Crippen molar-refractivity contribution in [1.29, 1.82) is 0 Å². The molecule has 0 bridgehead atoms. The molecule has 1 heterocycles. The predicted molar refractivity (Wildman–Crippen MR) is 59.6 cm³/mol. The number of carbonyl (C=O) groups is 1. The number of carboxylic acid groups (broad SMARTS) is 1. The molecule has 0 saturated heterocycles. The predicted octanol–water partition coefficient (Wildman–Crippen LogP) is 0.912. The molecule has 0 saturated carbocycles. The first-order valence-corrected chi connectivity index (χ1v) is 5.39. The molecule has 0 fully saturated rings. The average Bonchev–Trinajstić information content (AvgIpc) is 2.28. The Labute approximate surface area is 94.2 Å². The number of para-hydroxylation sites is 1. The Morgan fingerprint density at radius 3 is 3.12 bits per heavy atom. The number of rotatable bonds is 4. The second-order valence-electron chi connectivity index (χ2n) is 4.01. The van der Waals surface area contributed by atoms with Crippen LogP contribution in [-0.4, -0.2) is 30.8 Å². The number of nitrogens with one attached hydrogen (secondary N) is 1. The molecule has 1 aromatic carbocycles. The zero-order valence-corrected chi connectivity index (χ0v) is 8.98. The molecule has 1 unspecified atom stereocenters. The molecular weight excluding hydrogens is 206 g/mol. The molecule has 2 rings (SSSR count). The molecule has 0 aromatic heterocycles. The largest absolute Gasteiger partial charge is 0.493 e. The summed E-state index contributed by atoms with van der Waals surface area (Å²) in [6, 6.07) is 7.98. The number of fused-ring (bicyclic) bond motifs is 1. The minimum absolute atomic E-state index is 0.0121. The van der Waals surface area contributed by atoms with Crippen molar-refractivity contribution in [3.05, 3.63) is 29.8 Å². The number of aliphatic carboxylic acids is 1. The Morgan fingerprint density at radius 1 is 1.50 bits per heavy atom. The lowest BCUT2D eigenvalue weighted by Crippen LogP contribution is -2.33. The number of hydrogen-bond acceptors (Lipinski definition) is 3. The van der Waals surface area contributed by atoms with Crippen LogP contribution in [0.5, 0.6) is 5.75 Å². The van der Waals surface area contributed by atoms with Gasteiger partial charge in [0.15, 0.2) is 0 Å².